The molecule has 152 valence electrons. The van der Waals surface area contributed by atoms with Crippen molar-refractivity contribution >= 4 is 34.2 Å². The molecule has 0 radical (unpaired) electrons. The highest BCUT2D eigenvalue weighted by molar-refractivity contribution is 6.35. The predicted molar refractivity (Wildman–Crippen MR) is 106 cm³/mol. The van der Waals surface area contributed by atoms with Crippen molar-refractivity contribution in [1.29, 1.82) is 0 Å². The Morgan fingerprint density at radius 3 is 2.69 bits per heavy atom. The molecule has 3 aromatic rings. The average Bonchev–Trinajstić information content (AvgIpc) is 2.66. The zero-order valence-corrected chi connectivity index (χ0v) is 16.0. The van der Waals surface area contributed by atoms with Gasteiger partial charge >= 0.3 is 6.03 Å². The summed E-state index contributed by atoms with van der Waals surface area (Å²) in [6.07, 6.45) is -3.75. The molecule has 2 aromatic carbocycles. The van der Waals surface area contributed by atoms with E-state index in [1.165, 1.54) is 23.6 Å². The van der Waals surface area contributed by atoms with Crippen LogP contribution in [-0.2, 0) is 0 Å². The van der Waals surface area contributed by atoms with Crippen LogP contribution in [0.15, 0.2) is 47.3 Å². The summed E-state index contributed by atoms with van der Waals surface area (Å²) in [6, 6.07) is 10.1. The third-order valence-electron chi connectivity index (χ3n) is 4.03. The number of nitrogens with zero attached hydrogens (tertiary/aromatic N) is 2. The quantitative estimate of drug-likeness (QED) is 0.586. The van der Waals surface area contributed by atoms with E-state index in [2.05, 4.69) is 10.3 Å². The van der Waals surface area contributed by atoms with Crippen LogP contribution >= 0.6 is 11.6 Å². The van der Waals surface area contributed by atoms with Gasteiger partial charge in [0.05, 0.1) is 28.2 Å². The number of carbonyl (C=O) groups excluding carboxylic acids is 1. The maximum absolute atomic E-state index is 13.1. The van der Waals surface area contributed by atoms with Gasteiger partial charge in [0.1, 0.15) is 11.9 Å². The Labute approximate surface area is 168 Å². The molecule has 29 heavy (non-hydrogen) atoms. The van der Waals surface area contributed by atoms with Crippen LogP contribution in [-0.4, -0.2) is 33.7 Å². The highest BCUT2D eigenvalue weighted by atomic mass is 35.5. The number of aliphatic hydroxyl groups is 1. The number of alkyl halides is 2. The number of aliphatic hydroxyl groups excluding tert-OH is 1. The molecule has 1 aromatic heterocycles. The van der Waals surface area contributed by atoms with Gasteiger partial charge in [0.25, 0.3) is 12.0 Å². The molecule has 0 bridgehead atoms. The number of rotatable bonds is 5. The maximum atomic E-state index is 13.1. The molecule has 0 aliphatic rings. The molecular formula is C19H17ClF2N4O3. The lowest BCUT2D eigenvalue weighted by atomic mass is 10.2. The number of hydrogen-bond acceptors (Lipinski definition) is 4. The summed E-state index contributed by atoms with van der Waals surface area (Å²) in [4.78, 5) is 29.2. The molecule has 3 N–H and O–H groups in total. The van der Waals surface area contributed by atoms with Gasteiger partial charge in [-0.1, -0.05) is 23.7 Å². The maximum Gasteiger partial charge on any atom is 0.319 e. The normalized spacial score (nSPS) is 12.2. The Balaban J connectivity index is 2.07. The van der Waals surface area contributed by atoms with Crippen LogP contribution in [0.25, 0.3) is 16.6 Å². The van der Waals surface area contributed by atoms with Gasteiger partial charge in [-0.25, -0.2) is 18.6 Å². The van der Waals surface area contributed by atoms with Gasteiger partial charge in [-0.3, -0.25) is 9.36 Å². The van der Waals surface area contributed by atoms with E-state index < -0.39 is 30.7 Å². The first-order chi connectivity index (χ1) is 13.8. The first-order valence-corrected chi connectivity index (χ1v) is 8.98. The van der Waals surface area contributed by atoms with Crippen molar-refractivity contribution in [2.24, 2.45) is 0 Å². The van der Waals surface area contributed by atoms with Crippen LogP contribution < -0.4 is 16.2 Å². The summed E-state index contributed by atoms with van der Waals surface area (Å²) in [5.74, 6) is 0.0871. The number of carbonyl (C=O) groups is 1. The van der Waals surface area contributed by atoms with Crippen molar-refractivity contribution < 1.29 is 18.7 Å². The monoisotopic (exact) mass is 422 g/mol. The van der Waals surface area contributed by atoms with Gasteiger partial charge in [-0.2, -0.15) is 0 Å². The summed E-state index contributed by atoms with van der Waals surface area (Å²) in [5, 5.41) is 15.0. The topological polar surface area (TPSA) is 96.2 Å². The molecule has 1 heterocycles. The van der Waals surface area contributed by atoms with Crippen LogP contribution in [0.4, 0.5) is 19.3 Å². The van der Waals surface area contributed by atoms with Crippen LogP contribution in [0.3, 0.4) is 0 Å². The molecule has 3 rings (SSSR count). The SMILES string of the molecule is C[C@H](O)c1nc2cccc(Cl)c2c(=O)n1-c1cccc(NC(=O)NCC(F)F)c1. The molecule has 0 saturated heterocycles. The second-order valence-corrected chi connectivity index (χ2v) is 6.60. The number of urea groups is 1. The smallest absolute Gasteiger partial charge is 0.319 e. The zero-order valence-electron chi connectivity index (χ0n) is 15.2. The van der Waals surface area contributed by atoms with E-state index in [0.717, 1.165) is 0 Å². The number of nitrogens with one attached hydrogen (secondary N) is 2. The highest BCUT2D eigenvalue weighted by Gasteiger charge is 2.18. The van der Waals surface area contributed by atoms with Crippen LogP contribution in [0, 0.1) is 0 Å². The molecule has 0 unspecified atom stereocenters. The molecule has 0 saturated carbocycles. The molecule has 10 heteroatoms. The minimum atomic E-state index is -2.67. The van der Waals surface area contributed by atoms with Gasteiger partial charge in [-0.15, -0.1) is 0 Å². The van der Waals surface area contributed by atoms with Gasteiger partial charge < -0.3 is 15.7 Å². The van der Waals surface area contributed by atoms with E-state index in [1.807, 2.05) is 5.32 Å². The van der Waals surface area contributed by atoms with Crippen LogP contribution in [0.5, 0.6) is 0 Å². The first kappa shape index (κ1) is 20.7. The summed E-state index contributed by atoms with van der Waals surface area (Å²) in [7, 11) is 0. The Morgan fingerprint density at radius 2 is 2.00 bits per heavy atom. The molecule has 0 aliphatic carbocycles. The summed E-state index contributed by atoms with van der Waals surface area (Å²) >= 11 is 6.17. The Kier molecular flexibility index (Phi) is 6.09. The van der Waals surface area contributed by atoms with E-state index in [-0.39, 0.29) is 21.9 Å². The van der Waals surface area contributed by atoms with Gasteiger partial charge in [-0.05, 0) is 37.3 Å². The second-order valence-electron chi connectivity index (χ2n) is 6.20. The first-order valence-electron chi connectivity index (χ1n) is 8.60. The van der Waals surface area contributed by atoms with E-state index >= 15 is 0 Å². The Hall–Kier alpha value is -3.04. The average molecular weight is 423 g/mol. The van der Waals surface area contributed by atoms with E-state index in [9.17, 15) is 23.5 Å². The van der Waals surface area contributed by atoms with Crippen molar-refractivity contribution in [2.45, 2.75) is 19.5 Å². The van der Waals surface area contributed by atoms with E-state index in [1.54, 1.807) is 30.3 Å². The minimum absolute atomic E-state index is 0.0871. The fraction of sp³-hybridized carbons (Fsp3) is 0.211. The van der Waals surface area contributed by atoms with Crippen molar-refractivity contribution in [3.8, 4) is 5.69 Å². The van der Waals surface area contributed by atoms with Crippen molar-refractivity contribution in [1.82, 2.24) is 14.9 Å². The molecule has 1 atom stereocenters. The fourth-order valence-corrected chi connectivity index (χ4v) is 3.05. The lowest BCUT2D eigenvalue weighted by Crippen LogP contribution is -2.32. The number of benzene rings is 2. The number of aromatic nitrogens is 2. The minimum Gasteiger partial charge on any atom is -0.385 e. The Morgan fingerprint density at radius 1 is 1.28 bits per heavy atom. The number of anilines is 1. The van der Waals surface area contributed by atoms with Crippen LogP contribution in [0.2, 0.25) is 5.02 Å². The molecule has 0 spiro atoms. The number of halogens is 3. The second kappa shape index (κ2) is 8.54. The van der Waals surface area contributed by atoms with Crippen molar-refractivity contribution in [3.63, 3.8) is 0 Å². The largest absolute Gasteiger partial charge is 0.385 e. The third kappa shape index (κ3) is 4.52. The highest BCUT2D eigenvalue weighted by Crippen LogP contribution is 2.23. The standard InChI is InChI=1S/C19H17ClF2N4O3/c1-10(27)17-25-14-7-3-6-13(20)16(14)18(28)26(17)12-5-2-4-11(8-12)24-19(29)23-9-15(21)22/h2-8,10,15,27H,9H2,1H3,(H2,23,24,29)/t10-/m0/s1. The lowest BCUT2D eigenvalue weighted by Gasteiger charge is -2.16. The van der Waals surface area contributed by atoms with Gasteiger partial charge in [0, 0.05) is 5.69 Å². The summed E-state index contributed by atoms with van der Waals surface area (Å²) < 4.78 is 25.6. The molecular weight excluding hydrogens is 406 g/mol. The summed E-state index contributed by atoms with van der Waals surface area (Å²) in [6.45, 7) is 0.679. The summed E-state index contributed by atoms with van der Waals surface area (Å²) in [5.41, 5.74) is 0.426. The van der Waals surface area contributed by atoms with Crippen molar-refractivity contribution in [3.05, 3.63) is 63.7 Å². The number of fused-ring (bicyclic) bond motifs is 1. The lowest BCUT2D eigenvalue weighted by molar-refractivity contribution is 0.148. The number of hydrogen-bond donors (Lipinski definition) is 3. The third-order valence-corrected chi connectivity index (χ3v) is 4.34. The Bertz CT molecular complexity index is 1120. The van der Waals surface area contributed by atoms with E-state index in [4.69, 9.17) is 11.6 Å². The van der Waals surface area contributed by atoms with Gasteiger partial charge in [0.15, 0.2) is 0 Å². The fourth-order valence-electron chi connectivity index (χ4n) is 2.80. The van der Waals surface area contributed by atoms with E-state index in [0.29, 0.717) is 11.2 Å². The van der Waals surface area contributed by atoms with Gasteiger partial charge in [0.2, 0.25) is 0 Å². The molecule has 2 amide bonds. The molecule has 0 aliphatic heterocycles. The van der Waals surface area contributed by atoms with Crippen LogP contribution in [0.1, 0.15) is 18.9 Å². The van der Waals surface area contributed by atoms with Crippen molar-refractivity contribution in [2.75, 3.05) is 11.9 Å². The molecule has 7 nitrogen and oxygen atoms in total. The predicted octanol–water partition coefficient (Wildman–Crippen LogP) is 3.48. The zero-order chi connectivity index (χ0) is 21.1. The number of amides is 2. The molecule has 0 fully saturated rings.